The molecule has 4 N–H and O–H groups in total. The Morgan fingerprint density at radius 2 is 1.87 bits per heavy atom. The number of carbonyl (C=O) groups excluding carboxylic acids is 1. The van der Waals surface area contributed by atoms with E-state index in [9.17, 15) is 25.1 Å². The van der Waals surface area contributed by atoms with Crippen LogP contribution >= 0.6 is 0 Å². The number of nitrogens with zero attached hydrogens (tertiary/aromatic N) is 2. The SMILES string of the molecule is CC(C)(C)OC(=O)C1CCN(CCc2cc([N+](=O)[O-])cc3c2NC(O)C(O)N3)CC1. The van der Waals surface area contributed by atoms with Gasteiger partial charge in [-0.05, 0) is 58.7 Å². The minimum atomic E-state index is -1.25. The molecule has 0 saturated carbocycles. The van der Waals surface area contributed by atoms with Crippen molar-refractivity contribution in [3.8, 4) is 0 Å². The summed E-state index contributed by atoms with van der Waals surface area (Å²) < 4.78 is 5.48. The van der Waals surface area contributed by atoms with E-state index in [1.165, 1.54) is 12.1 Å². The number of hydrogen-bond donors (Lipinski definition) is 4. The lowest BCUT2D eigenvalue weighted by atomic mass is 9.96. The van der Waals surface area contributed by atoms with Gasteiger partial charge in [-0.3, -0.25) is 14.9 Å². The molecule has 0 spiro atoms. The van der Waals surface area contributed by atoms with Crippen molar-refractivity contribution in [3.05, 3.63) is 27.8 Å². The molecule has 0 aromatic heterocycles. The molecule has 2 unspecified atom stereocenters. The molecule has 0 radical (unpaired) electrons. The first kappa shape index (κ1) is 22.3. The second-order valence-corrected chi connectivity index (χ2v) is 8.86. The van der Waals surface area contributed by atoms with E-state index in [2.05, 4.69) is 15.5 Å². The van der Waals surface area contributed by atoms with Gasteiger partial charge < -0.3 is 30.5 Å². The topological polar surface area (TPSA) is 137 Å². The highest BCUT2D eigenvalue weighted by molar-refractivity contribution is 5.78. The van der Waals surface area contributed by atoms with Crippen molar-refractivity contribution in [1.29, 1.82) is 0 Å². The standard InChI is InChI=1S/C20H30N4O6/c1-20(2,3)30-19(27)12-4-7-23(8-5-12)9-6-13-10-14(24(28)29)11-15-16(13)22-18(26)17(25)21-15/h10-12,17-18,21-22,25-26H,4-9H2,1-3H3. The minimum Gasteiger partial charge on any atom is -0.460 e. The van der Waals surface area contributed by atoms with Crippen molar-refractivity contribution in [2.45, 2.75) is 58.1 Å². The zero-order valence-corrected chi connectivity index (χ0v) is 17.6. The Bertz CT molecular complexity index is 801. The molecule has 2 heterocycles. The van der Waals surface area contributed by atoms with E-state index in [1.54, 1.807) is 0 Å². The average Bonchev–Trinajstić information content (AvgIpc) is 2.66. The molecule has 0 amide bonds. The number of rotatable bonds is 5. The number of ether oxygens (including phenoxy) is 1. The Morgan fingerprint density at radius 3 is 2.47 bits per heavy atom. The Morgan fingerprint density at radius 1 is 1.23 bits per heavy atom. The Balaban J connectivity index is 1.63. The summed E-state index contributed by atoms with van der Waals surface area (Å²) in [6.07, 6.45) is -0.501. The van der Waals surface area contributed by atoms with Crippen LogP contribution in [0.2, 0.25) is 0 Å². The highest BCUT2D eigenvalue weighted by Crippen LogP contribution is 2.36. The lowest BCUT2D eigenvalue weighted by molar-refractivity contribution is -0.384. The van der Waals surface area contributed by atoms with Crippen LogP contribution in [0.25, 0.3) is 0 Å². The van der Waals surface area contributed by atoms with E-state index >= 15 is 0 Å². The molecule has 166 valence electrons. The van der Waals surface area contributed by atoms with Gasteiger partial charge in [-0.2, -0.15) is 0 Å². The third-order valence-electron chi connectivity index (χ3n) is 5.34. The number of nitrogens with one attached hydrogen (secondary N) is 2. The number of piperidine rings is 1. The Hall–Kier alpha value is -2.43. The summed E-state index contributed by atoms with van der Waals surface area (Å²) in [5.41, 5.74) is 1.06. The molecule has 2 aliphatic heterocycles. The Labute approximate surface area is 175 Å². The van der Waals surface area contributed by atoms with Crippen LogP contribution < -0.4 is 10.6 Å². The van der Waals surface area contributed by atoms with Crippen LogP contribution in [0.15, 0.2) is 12.1 Å². The van der Waals surface area contributed by atoms with Crippen LogP contribution in [0.5, 0.6) is 0 Å². The lowest BCUT2D eigenvalue weighted by Crippen LogP contribution is -2.43. The summed E-state index contributed by atoms with van der Waals surface area (Å²) in [5.74, 6) is -0.258. The smallest absolute Gasteiger partial charge is 0.309 e. The molecule has 1 saturated heterocycles. The number of likely N-dealkylation sites (tertiary alicyclic amines) is 1. The number of hydrogen-bond acceptors (Lipinski definition) is 9. The number of nitro benzene ring substituents is 1. The number of aliphatic hydroxyl groups excluding tert-OH is 2. The summed E-state index contributed by atoms with van der Waals surface area (Å²) >= 11 is 0. The predicted octanol–water partition coefficient (Wildman–Crippen LogP) is 1.67. The van der Waals surface area contributed by atoms with Crippen molar-refractivity contribution in [3.63, 3.8) is 0 Å². The normalized spacial score (nSPS) is 22.6. The van der Waals surface area contributed by atoms with E-state index in [-0.39, 0.29) is 17.6 Å². The van der Waals surface area contributed by atoms with Crippen molar-refractivity contribution in [2.24, 2.45) is 5.92 Å². The molecule has 10 nitrogen and oxygen atoms in total. The second-order valence-electron chi connectivity index (χ2n) is 8.86. The quantitative estimate of drug-likeness (QED) is 0.317. The first-order valence-corrected chi connectivity index (χ1v) is 10.2. The summed E-state index contributed by atoms with van der Waals surface area (Å²) in [7, 11) is 0. The van der Waals surface area contributed by atoms with Crippen LogP contribution in [0, 0.1) is 16.0 Å². The monoisotopic (exact) mass is 422 g/mol. The van der Waals surface area contributed by atoms with Gasteiger partial charge in [0.2, 0.25) is 0 Å². The molecular weight excluding hydrogens is 392 g/mol. The third kappa shape index (κ3) is 5.38. The summed E-state index contributed by atoms with van der Waals surface area (Å²) in [5, 5.41) is 36.5. The molecule has 2 atom stereocenters. The third-order valence-corrected chi connectivity index (χ3v) is 5.34. The van der Waals surface area contributed by atoms with E-state index in [0.29, 0.717) is 42.7 Å². The highest BCUT2D eigenvalue weighted by Gasteiger charge is 2.30. The van der Waals surface area contributed by atoms with E-state index in [1.807, 2.05) is 20.8 Å². The van der Waals surface area contributed by atoms with E-state index in [0.717, 1.165) is 13.1 Å². The van der Waals surface area contributed by atoms with Crippen LogP contribution in [-0.2, 0) is 16.0 Å². The first-order chi connectivity index (χ1) is 14.0. The molecule has 0 aliphatic carbocycles. The van der Waals surface area contributed by atoms with E-state index < -0.39 is 23.0 Å². The highest BCUT2D eigenvalue weighted by atomic mass is 16.6. The fourth-order valence-corrected chi connectivity index (χ4v) is 3.79. The number of esters is 1. The van der Waals surface area contributed by atoms with Gasteiger partial charge in [0.1, 0.15) is 5.60 Å². The van der Waals surface area contributed by atoms with E-state index in [4.69, 9.17) is 4.74 Å². The van der Waals surface area contributed by atoms with Gasteiger partial charge in [0, 0.05) is 18.7 Å². The molecule has 1 aromatic rings. The van der Waals surface area contributed by atoms with Crippen LogP contribution in [-0.4, -0.2) is 63.7 Å². The van der Waals surface area contributed by atoms with Gasteiger partial charge in [0.05, 0.1) is 22.2 Å². The van der Waals surface area contributed by atoms with Crippen molar-refractivity contribution in [1.82, 2.24) is 4.90 Å². The molecule has 2 aliphatic rings. The second kappa shape index (κ2) is 8.75. The summed E-state index contributed by atoms with van der Waals surface area (Å²) in [6.45, 7) is 7.73. The number of aliphatic hydroxyl groups is 2. The number of fused-ring (bicyclic) bond motifs is 1. The van der Waals surface area contributed by atoms with Crippen molar-refractivity contribution >= 4 is 23.0 Å². The number of non-ortho nitro benzene ring substituents is 1. The summed E-state index contributed by atoms with van der Waals surface area (Å²) in [4.78, 5) is 25.3. The van der Waals surface area contributed by atoms with Gasteiger partial charge >= 0.3 is 5.97 Å². The molecule has 30 heavy (non-hydrogen) atoms. The molecular formula is C20H30N4O6. The van der Waals surface area contributed by atoms with Gasteiger partial charge in [0.15, 0.2) is 12.5 Å². The maximum Gasteiger partial charge on any atom is 0.309 e. The zero-order valence-electron chi connectivity index (χ0n) is 17.6. The van der Waals surface area contributed by atoms with Gasteiger partial charge in [-0.15, -0.1) is 0 Å². The fourth-order valence-electron chi connectivity index (χ4n) is 3.79. The molecule has 1 aromatic carbocycles. The predicted molar refractivity (Wildman–Crippen MR) is 111 cm³/mol. The van der Waals surface area contributed by atoms with Crippen LogP contribution in [0.3, 0.4) is 0 Å². The molecule has 3 rings (SSSR count). The zero-order chi connectivity index (χ0) is 22.1. The van der Waals surface area contributed by atoms with Crippen LogP contribution in [0.4, 0.5) is 17.1 Å². The van der Waals surface area contributed by atoms with Crippen molar-refractivity contribution in [2.75, 3.05) is 30.3 Å². The minimum absolute atomic E-state index is 0.0785. The van der Waals surface area contributed by atoms with Gasteiger partial charge in [0.25, 0.3) is 5.69 Å². The Kier molecular flexibility index (Phi) is 6.49. The number of benzene rings is 1. The number of anilines is 2. The lowest BCUT2D eigenvalue weighted by Gasteiger charge is -2.33. The molecule has 10 heteroatoms. The fraction of sp³-hybridized carbons (Fsp3) is 0.650. The number of nitro groups is 1. The van der Waals surface area contributed by atoms with Gasteiger partial charge in [-0.1, -0.05) is 0 Å². The number of carbonyl (C=O) groups is 1. The first-order valence-electron chi connectivity index (χ1n) is 10.2. The molecule has 0 bridgehead atoms. The van der Waals surface area contributed by atoms with Crippen LogP contribution in [0.1, 0.15) is 39.2 Å². The average molecular weight is 422 g/mol. The maximum absolute atomic E-state index is 12.3. The molecule has 1 fully saturated rings. The van der Waals surface area contributed by atoms with Crippen molar-refractivity contribution < 1.29 is 24.7 Å². The maximum atomic E-state index is 12.3. The summed E-state index contributed by atoms with van der Waals surface area (Å²) in [6, 6.07) is 2.83. The van der Waals surface area contributed by atoms with Gasteiger partial charge in [-0.25, -0.2) is 0 Å². The largest absolute Gasteiger partial charge is 0.460 e.